The Hall–Kier alpha value is -4.11. The summed E-state index contributed by atoms with van der Waals surface area (Å²) < 4.78 is 11.4. The van der Waals surface area contributed by atoms with Crippen molar-refractivity contribution in [1.29, 1.82) is 5.26 Å². The van der Waals surface area contributed by atoms with E-state index in [-0.39, 0.29) is 0 Å². The number of aromatic nitrogens is 2. The Morgan fingerprint density at radius 3 is 2.32 bits per heavy atom. The lowest BCUT2D eigenvalue weighted by atomic mass is 10.2. The fourth-order valence-corrected chi connectivity index (χ4v) is 2.75. The Balaban J connectivity index is 1.73. The van der Waals surface area contributed by atoms with Crippen molar-refractivity contribution in [3.05, 3.63) is 78.4 Å². The molecule has 0 saturated carbocycles. The number of methoxy groups -OCH3 is 1. The lowest BCUT2D eigenvalue weighted by Crippen LogP contribution is -2.00. The first kappa shape index (κ1) is 17.3. The van der Waals surface area contributed by atoms with E-state index in [0.29, 0.717) is 28.9 Å². The van der Waals surface area contributed by atoms with Gasteiger partial charge in [0.15, 0.2) is 11.5 Å². The van der Waals surface area contributed by atoms with Crippen LogP contribution in [0.25, 0.3) is 10.9 Å². The molecule has 0 aliphatic rings. The van der Waals surface area contributed by atoms with E-state index in [4.69, 9.17) is 14.7 Å². The van der Waals surface area contributed by atoms with E-state index in [1.807, 2.05) is 48.5 Å². The van der Waals surface area contributed by atoms with Crippen molar-refractivity contribution in [1.82, 2.24) is 9.97 Å². The molecule has 0 radical (unpaired) electrons. The molecule has 0 atom stereocenters. The van der Waals surface area contributed by atoms with Crippen LogP contribution in [-0.2, 0) is 0 Å². The van der Waals surface area contributed by atoms with E-state index < -0.39 is 0 Å². The van der Waals surface area contributed by atoms with Crippen molar-refractivity contribution in [2.24, 2.45) is 0 Å². The molecule has 1 heterocycles. The maximum absolute atomic E-state index is 8.93. The highest BCUT2D eigenvalue weighted by Gasteiger charge is 2.12. The smallest absolute Gasteiger partial charge is 0.232 e. The van der Waals surface area contributed by atoms with Gasteiger partial charge in [0.05, 0.1) is 29.6 Å². The molecule has 4 aromatic rings. The second-order valence-electron chi connectivity index (χ2n) is 5.94. The minimum Gasteiger partial charge on any atom is -0.493 e. The fraction of sp³-hybridized carbons (Fsp3) is 0.0455. The lowest BCUT2D eigenvalue weighted by molar-refractivity contribution is 0.376. The molecule has 0 saturated heterocycles. The Kier molecular flexibility index (Phi) is 4.72. The molecule has 0 aliphatic carbocycles. The van der Waals surface area contributed by atoms with Crippen molar-refractivity contribution < 1.29 is 9.47 Å². The molecule has 1 aromatic heterocycles. The number of nitrogens with one attached hydrogen (secondary N) is 1. The Labute approximate surface area is 162 Å². The number of nitrogens with zero attached hydrogens (tertiary/aromatic N) is 3. The Morgan fingerprint density at radius 2 is 1.57 bits per heavy atom. The first-order valence-corrected chi connectivity index (χ1v) is 8.61. The van der Waals surface area contributed by atoms with Gasteiger partial charge in [-0.3, -0.25) is 0 Å². The van der Waals surface area contributed by atoms with Crippen molar-refractivity contribution >= 4 is 22.5 Å². The summed E-state index contributed by atoms with van der Waals surface area (Å²) >= 11 is 0. The molecule has 4 rings (SSSR count). The average molecular weight is 368 g/mol. The van der Waals surface area contributed by atoms with E-state index in [9.17, 15) is 0 Å². The molecule has 0 unspecified atom stereocenters. The van der Waals surface area contributed by atoms with Gasteiger partial charge in [-0.2, -0.15) is 10.2 Å². The fourth-order valence-electron chi connectivity index (χ4n) is 2.75. The van der Waals surface area contributed by atoms with Crippen LogP contribution in [-0.4, -0.2) is 17.1 Å². The van der Waals surface area contributed by atoms with E-state index in [0.717, 1.165) is 16.6 Å². The van der Waals surface area contributed by atoms with Crippen molar-refractivity contribution in [2.75, 3.05) is 12.4 Å². The highest BCUT2D eigenvalue weighted by atomic mass is 16.5. The molecule has 0 bridgehead atoms. The molecule has 0 spiro atoms. The molecule has 1 N–H and O–H groups in total. The molecule has 0 aliphatic heterocycles. The Bertz CT molecular complexity index is 1170. The molecule has 136 valence electrons. The van der Waals surface area contributed by atoms with Gasteiger partial charge in [0, 0.05) is 5.69 Å². The number of benzene rings is 3. The van der Waals surface area contributed by atoms with Crippen LogP contribution in [0, 0.1) is 11.3 Å². The van der Waals surface area contributed by atoms with Crippen LogP contribution in [0.4, 0.5) is 11.6 Å². The zero-order valence-electron chi connectivity index (χ0n) is 15.1. The number of ether oxygens (including phenoxy) is 2. The van der Waals surface area contributed by atoms with Gasteiger partial charge in [0.2, 0.25) is 11.8 Å². The first-order chi connectivity index (χ1) is 13.8. The predicted molar refractivity (Wildman–Crippen MR) is 107 cm³/mol. The van der Waals surface area contributed by atoms with Crippen LogP contribution in [0.3, 0.4) is 0 Å². The third kappa shape index (κ3) is 3.55. The normalized spacial score (nSPS) is 10.3. The topological polar surface area (TPSA) is 80.1 Å². The van der Waals surface area contributed by atoms with E-state index in [1.54, 1.807) is 31.4 Å². The number of hydrogen-bond acceptors (Lipinski definition) is 6. The van der Waals surface area contributed by atoms with Crippen LogP contribution in [0.15, 0.2) is 72.8 Å². The maximum atomic E-state index is 8.93. The zero-order valence-corrected chi connectivity index (χ0v) is 15.1. The number of anilines is 2. The molecular formula is C22H16N4O2. The van der Waals surface area contributed by atoms with Crippen LogP contribution in [0.2, 0.25) is 0 Å². The minimum absolute atomic E-state index is 0.397. The summed E-state index contributed by atoms with van der Waals surface area (Å²) in [5, 5.41) is 12.9. The van der Waals surface area contributed by atoms with Gasteiger partial charge in [-0.15, -0.1) is 0 Å². The first-order valence-electron chi connectivity index (χ1n) is 8.61. The molecular weight excluding hydrogens is 352 g/mol. The maximum Gasteiger partial charge on any atom is 0.232 e. The molecule has 3 aromatic carbocycles. The second kappa shape index (κ2) is 7.64. The van der Waals surface area contributed by atoms with Crippen LogP contribution in [0.1, 0.15) is 5.56 Å². The summed E-state index contributed by atoms with van der Waals surface area (Å²) in [5.41, 5.74) is 2.11. The monoisotopic (exact) mass is 368 g/mol. The molecule has 6 nitrogen and oxygen atoms in total. The van der Waals surface area contributed by atoms with E-state index in [2.05, 4.69) is 21.4 Å². The summed E-state index contributed by atoms with van der Waals surface area (Å²) in [5.74, 6) is 2.00. The van der Waals surface area contributed by atoms with E-state index in [1.165, 1.54) is 0 Å². The van der Waals surface area contributed by atoms with Gasteiger partial charge in [0.25, 0.3) is 0 Å². The molecule has 28 heavy (non-hydrogen) atoms. The van der Waals surface area contributed by atoms with E-state index >= 15 is 0 Å². The quantitative estimate of drug-likeness (QED) is 0.531. The highest BCUT2D eigenvalue weighted by Crippen LogP contribution is 2.34. The second-order valence-corrected chi connectivity index (χ2v) is 5.94. The average Bonchev–Trinajstić information content (AvgIpc) is 2.75. The third-order valence-electron chi connectivity index (χ3n) is 4.11. The van der Waals surface area contributed by atoms with Gasteiger partial charge in [-0.1, -0.05) is 24.3 Å². The third-order valence-corrected chi connectivity index (χ3v) is 4.11. The highest BCUT2D eigenvalue weighted by molar-refractivity contribution is 5.85. The van der Waals surface area contributed by atoms with Gasteiger partial charge in [-0.05, 0) is 48.5 Å². The molecule has 0 fully saturated rings. The van der Waals surface area contributed by atoms with Crippen LogP contribution < -0.4 is 14.8 Å². The van der Waals surface area contributed by atoms with Gasteiger partial charge in [0.1, 0.15) is 0 Å². The van der Waals surface area contributed by atoms with Crippen LogP contribution in [0.5, 0.6) is 17.4 Å². The lowest BCUT2D eigenvalue weighted by Gasteiger charge is -2.13. The number of rotatable bonds is 5. The molecule has 6 heteroatoms. The number of nitriles is 1. The molecule has 0 amide bonds. The summed E-state index contributed by atoms with van der Waals surface area (Å²) in [6.07, 6.45) is 0. The minimum atomic E-state index is 0.397. The summed E-state index contributed by atoms with van der Waals surface area (Å²) in [6.45, 7) is 0. The standard InChI is InChI=1S/C22H16N4O2/c1-27-19-8-4-5-9-20(19)28-21-17-6-2-3-7-18(17)25-22(26-21)24-16-12-10-15(14-23)11-13-16/h2-13H,1H3,(H,24,25,26). The van der Waals surface area contributed by atoms with Gasteiger partial charge in [-0.25, -0.2) is 4.98 Å². The predicted octanol–water partition coefficient (Wildman–Crippen LogP) is 5.05. The number of hydrogen-bond donors (Lipinski definition) is 1. The number of para-hydroxylation sites is 3. The summed E-state index contributed by atoms with van der Waals surface area (Å²) in [6, 6.07) is 24.2. The van der Waals surface area contributed by atoms with Gasteiger partial charge < -0.3 is 14.8 Å². The number of fused-ring (bicyclic) bond motifs is 1. The zero-order chi connectivity index (χ0) is 19.3. The van der Waals surface area contributed by atoms with Gasteiger partial charge >= 0.3 is 0 Å². The Morgan fingerprint density at radius 1 is 0.857 bits per heavy atom. The van der Waals surface area contributed by atoms with Crippen molar-refractivity contribution in [3.8, 4) is 23.4 Å². The van der Waals surface area contributed by atoms with Crippen molar-refractivity contribution in [2.45, 2.75) is 0 Å². The largest absolute Gasteiger partial charge is 0.493 e. The SMILES string of the molecule is COc1ccccc1Oc1nc(Nc2ccc(C#N)cc2)nc2ccccc12. The summed E-state index contributed by atoms with van der Waals surface area (Å²) in [4.78, 5) is 9.10. The van der Waals surface area contributed by atoms with Crippen LogP contribution >= 0.6 is 0 Å². The van der Waals surface area contributed by atoms with Crippen molar-refractivity contribution in [3.63, 3.8) is 0 Å². The summed E-state index contributed by atoms with van der Waals surface area (Å²) in [7, 11) is 1.60.